The lowest BCUT2D eigenvalue weighted by Gasteiger charge is -2.40. The molecule has 0 saturated carbocycles. The van der Waals surface area contributed by atoms with E-state index in [2.05, 4.69) is 10.2 Å². The molecule has 0 unspecified atom stereocenters. The summed E-state index contributed by atoms with van der Waals surface area (Å²) in [6.45, 7) is 7.24. The Bertz CT molecular complexity index is 624. The second-order valence-corrected chi connectivity index (χ2v) is 7.72. The number of hydrogen-bond donors (Lipinski definition) is 2. The molecular weight excluding hydrogens is 304 g/mol. The Hall–Kier alpha value is -1.76. The van der Waals surface area contributed by atoms with E-state index in [1.807, 2.05) is 0 Å². The third kappa shape index (κ3) is 2.65. The smallest absolute Gasteiger partial charge is 0.412 e. The van der Waals surface area contributed by atoms with Crippen molar-refractivity contribution in [2.24, 2.45) is 0 Å². The summed E-state index contributed by atoms with van der Waals surface area (Å²) in [4.78, 5) is 25.9. The van der Waals surface area contributed by atoms with Crippen molar-refractivity contribution in [2.75, 3.05) is 23.3 Å². The summed E-state index contributed by atoms with van der Waals surface area (Å²) >= 11 is 1.34. The first-order valence-corrected chi connectivity index (χ1v) is 8.23. The van der Waals surface area contributed by atoms with Crippen LogP contribution in [-0.4, -0.2) is 35.9 Å². The summed E-state index contributed by atoms with van der Waals surface area (Å²) in [6.07, 6.45) is 1.35. The number of hydrogen-bond acceptors (Lipinski definition) is 5. The Morgan fingerprint density at radius 1 is 1.32 bits per heavy atom. The van der Waals surface area contributed by atoms with Crippen molar-refractivity contribution in [3.05, 3.63) is 11.1 Å². The van der Waals surface area contributed by atoms with Crippen LogP contribution in [0.5, 0.6) is 0 Å². The minimum atomic E-state index is -0.989. The molecule has 2 bridgehead atoms. The van der Waals surface area contributed by atoms with Crippen LogP contribution >= 0.6 is 11.3 Å². The second kappa shape index (κ2) is 5.15. The third-order valence-electron chi connectivity index (χ3n) is 3.94. The van der Waals surface area contributed by atoms with Gasteiger partial charge in [-0.05, 0) is 39.5 Å². The van der Waals surface area contributed by atoms with E-state index in [0.717, 1.165) is 36.5 Å². The van der Waals surface area contributed by atoms with Gasteiger partial charge >= 0.3 is 12.1 Å². The zero-order chi connectivity index (χ0) is 16.1. The summed E-state index contributed by atoms with van der Waals surface area (Å²) in [5.41, 5.74) is 0.508. The Morgan fingerprint density at radius 2 is 1.95 bits per heavy atom. The number of nitrogens with one attached hydrogen (secondary N) is 1. The average molecular weight is 324 g/mol. The summed E-state index contributed by atoms with van der Waals surface area (Å²) in [5, 5.41) is 13.6. The molecule has 7 heteroatoms. The summed E-state index contributed by atoms with van der Waals surface area (Å²) in [7, 11) is 0. The largest absolute Gasteiger partial charge is 0.478 e. The lowest BCUT2D eigenvalue weighted by atomic mass is 9.84. The van der Waals surface area contributed by atoms with Crippen molar-refractivity contribution in [1.29, 1.82) is 0 Å². The standard InChI is InChI=1S/C15H20N2O4S/c1-15(2,3)21-14(20)16-11-10(13(18)19)9-8-4-6-17(7-5-8)12(9)22-11/h8H,4-7H2,1-3H3,(H,16,20)(H,18,19). The Labute approximate surface area is 133 Å². The number of rotatable bonds is 2. The second-order valence-electron chi connectivity index (χ2n) is 6.72. The molecule has 22 heavy (non-hydrogen) atoms. The van der Waals surface area contributed by atoms with Gasteiger partial charge in [-0.15, -0.1) is 0 Å². The summed E-state index contributed by atoms with van der Waals surface area (Å²) < 4.78 is 5.23. The van der Waals surface area contributed by atoms with Gasteiger partial charge in [-0.1, -0.05) is 11.3 Å². The number of carbonyl (C=O) groups is 2. The molecule has 0 radical (unpaired) electrons. The normalized spacial score (nSPS) is 17.3. The maximum atomic E-state index is 12.0. The average Bonchev–Trinajstić information content (AvgIpc) is 2.78. The molecule has 1 saturated heterocycles. The van der Waals surface area contributed by atoms with Crippen molar-refractivity contribution < 1.29 is 19.4 Å². The van der Waals surface area contributed by atoms with Gasteiger partial charge in [-0.3, -0.25) is 5.32 Å². The van der Waals surface area contributed by atoms with Crippen LogP contribution < -0.4 is 10.2 Å². The van der Waals surface area contributed by atoms with Gasteiger partial charge in [0.1, 0.15) is 10.6 Å². The van der Waals surface area contributed by atoms with E-state index in [0.29, 0.717) is 5.00 Å². The quantitative estimate of drug-likeness (QED) is 0.870. The van der Waals surface area contributed by atoms with Gasteiger partial charge < -0.3 is 14.7 Å². The van der Waals surface area contributed by atoms with Crippen molar-refractivity contribution in [3.63, 3.8) is 0 Å². The van der Waals surface area contributed by atoms with Crippen molar-refractivity contribution in [2.45, 2.75) is 45.1 Å². The summed E-state index contributed by atoms with van der Waals surface area (Å²) in [5.74, 6) is -0.700. The third-order valence-corrected chi connectivity index (χ3v) is 5.13. The fourth-order valence-corrected chi connectivity index (χ4v) is 4.43. The van der Waals surface area contributed by atoms with Crippen LogP contribution in [0.2, 0.25) is 0 Å². The van der Waals surface area contributed by atoms with E-state index in [1.54, 1.807) is 20.8 Å². The number of aromatic carboxylic acids is 1. The van der Waals surface area contributed by atoms with E-state index in [9.17, 15) is 14.7 Å². The van der Waals surface area contributed by atoms with Gasteiger partial charge in [0.05, 0.1) is 10.6 Å². The first-order valence-electron chi connectivity index (χ1n) is 7.41. The fourth-order valence-electron chi connectivity index (χ4n) is 3.11. The highest BCUT2D eigenvalue weighted by molar-refractivity contribution is 7.20. The molecule has 6 nitrogen and oxygen atoms in total. The number of thiophene rings is 1. The number of piperidine rings is 1. The van der Waals surface area contributed by atoms with Crippen LogP contribution in [0.1, 0.15) is 55.5 Å². The molecule has 0 aromatic carbocycles. The van der Waals surface area contributed by atoms with Crippen LogP contribution in [0.3, 0.4) is 0 Å². The molecule has 1 aromatic rings. The highest BCUT2D eigenvalue weighted by Gasteiger charge is 2.38. The highest BCUT2D eigenvalue weighted by Crippen LogP contribution is 2.51. The van der Waals surface area contributed by atoms with Crippen molar-refractivity contribution >= 4 is 33.4 Å². The van der Waals surface area contributed by atoms with Gasteiger partial charge in [-0.2, -0.15) is 0 Å². The molecule has 2 N–H and O–H groups in total. The monoisotopic (exact) mass is 324 g/mol. The topological polar surface area (TPSA) is 78.9 Å². The zero-order valence-electron chi connectivity index (χ0n) is 12.9. The first kappa shape index (κ1) is 15.1. The molecule has 3 aliphatic heterocycles. The van der Waals surface area contributed by atoms with Gasteiger partial charge in [0.2, 0.25) is 0 Å². The van der Waals surface area contributed by atoms with E-state index in [1.165, 1.54) is 11.3 Å². The SMILES string of the molecule is CC(C)(C)OC(=O)Nc1sc2c(c1C(=O)O)C1CCN2CC1. The Kier molecular flexibility index (Phi) is 3.55. The molecule has 4 heterocycles. The number of nitrogens with zero attached hydrogens (tertiary/aromatic N) is 1. The predicted molar refractivity (Wildman–Crippen MR) is 85.3 cm³/mol. The molecular formula is C15H20N2O4S. The van der Waals surface area contributed by atoms with Gasteiger partial charge in [0.25, 0.3) is 0 Å². The highest BCUT2D eigenvalue weighted by atomic mass is 32.1. The maximum absolute atomic E-state index is 12.0. The molecule has 0 spiro atoms. The van der Waals surface area contributed by atoms with E-state index < -0.39 is 17.7 Å². The number of ether oxygens (including phenoxy) is 1. The van der Waals surface area contributed by atoms with Crippen LogP contribution in [0.15, 0.2) is 0 Å². The fraction of sp³-hybridized carbons (Fsp3) is 0.600. The van der Waals surface area contributed by atoms with Crippen molar-refractivity contribution in [3.8, 4) is 0 Å². The van der Waals surface area contributed by atoms with E-state index in [-0.39, 0.29) is 11.5 Å². The van der Waals surface area contributed by atoms with Gasteiger partial charge in [-0.25, -0.2) is 9.59 Å². The summed E-state index contributed by atoms with van der Waals surface area (Å²) in [6, 6.07) is 0. The van der Waals surface area contributed by atoms with E-state index >= 15 is 0 Å². The zero-order valence-corrected chi connectivity index (χ0v) is 13.7. The minimum absolute atomic E-state index is 0.236. The van der Waals surface area contributed by atoms with Crippen LogP contribution in [-0.2, 0) is 4.74 Å². The number of anilines is 2. The maximum Gasteiger partial charge on any atom is 0.412 e. The molecule has 120 valence electrons. The molecule has 4 rings (SSSR count). The van der Waals surface area contributed by atoms with E-state index in [4.69, 9.17) is 4.74 Å². The molecule has 1 amide bonds. The van der Waals surface area contributed by atoms with Gasteiger partial charge in [0, 0.05) is 18.7 Å². The number of carboxylic acid groups (broad SMARTS) is 1. The number of amides is 1. The number of fused-ring (bicyclic) bond motifs is 2. The lowest BCUT2D eigenvalue weighted by Crippen LogP contribution is -2.38. The Balaban J connectivity index is 1.94. The van der Waals surface area contributed by atoms with Crippen LogP contribution in [0.4, 0.5) is 14.8 Å². The van der Waals surface area contributed by atoms with Crippen LogP contribution in [0.25, 0.3) is 0 Å². The lowest BCUT2D eigenvalue weighted by molar-refractivity contribution is 0.0636. The number of carbonyl (C=O) groups excluding carboxylic acids is 1. The predicted octanol–water partition coefficient (Wildman–Crippen LogP) is 3.49. The van der Waals surface area contributed by atoms with Crippen LogP contribution in [0, 0.1) is 0 Å². The molecule has 3 aliphatic rings. The first-order chi connectivity index (χ1) is 10.3. The molecule has 1 aromatic heterocycles. The molecule has 1 fully saturated rings. The molecule has 0 atom stereocenters. The molecule has 0 aliphatic carbocycles. The van der Waals surface area contributed by atoms with Gasteiger partial charge in [0.15, 0.2) is 0 Å². The number of carboxylic acids is 1. The van der Waals surface area contributed by atoms with Crippen molar-refractivity contribution in [1.82, 2.24) is 0 Å². The minimum Gasteiger partial charge on any atom is -0.478 e. The Morgan fingerprint density at radius 3 is 2.50 bits per heavy atom.